The second-order valence-electron chi connectivity index (χ2n) is 4.87. The molecule has 0 saturated carbocycles. The van der Waals surface area contributed by atoms with Crippen molar-refractivity contribution in [2.45, 2.75) is 19.4 Å². The van der Waals surface area contributed by atoms with Gasteiger partial charge in [-0.2, -0.15) is 0 Å². The van der Waals surface area contributed by atoms with Crippen molar-refractivity contribution in [2.75, 3.05) is 19.7 Å². The molecule has 2 N–H and O–H groups in total. The molecule has 1 fully saturated rings. The number of rotatable bonds is 3. The molecular weight excluding hydrogens is 228 g/mol. The maximum Gasteiger partial charge on any atom is 0.260 e. The Bertz CT molecular complexity index is 394. The van der Waals surface area contributed by atoms with Crippen molar-refractivity contribution in [3.05, 3.63) is 30.3 Å². The number of ether oxygens (including phenoxy) is 1. The number of amides is 1. The second-order valence-corrected chi connectivity index (χ2v) is 4.87. The number of nitrogens with zero attached hydrogens (tertiary/aromatic N) is 1. The standard InChI is InChI=1S/C14H20N2O2/c1-11-9-16(8-7-13(11)15)14(17)10-18-12-5-3-2-4-6-12/h2-6,11,13H,7-10,15H2,1H3. The molecule has 98 valence electrons. The molecule has 2 unspecified atom stereocenters. The predicted octanol–water partition coefficient (Wildman–Crippen LogP) is 1.26. The Morgan fingerprint density at radius 1 is 1.44 bits per heavy atom. The molecule has 1 aromatic carbocycles. The van der Waals surface area contributed by atoms with Crippen molar-refractivity contribution < 1.29 is 9.53 Å². The van der Waals surface area contributed by atoms with Crippen LogP contribution in [0.15, 0.2) is 30.3 Å². The van der Waals surface area contributed by atoms with Gasteiger partial charge in [-0.05, 0) is 24.5 Å². The molecule has 2 rings (SSSR count). The smallest absolute Gasteiger partial charge is 0.260 e. The van der Waals surface area contributed by atoms with Gasteiger partial charge in [0.05, 0.1) is 0 Å². The Kier molecular flexibility index (Phi) is 4.20. The van der Waals surface area contributed by atoms with E-state index in [9.17, 15) is 4.79 Å². The van der Waals surface area contributed by atoms with E-state index in [0.29, 0.717) is 5.92 Å². The van der Waals surface area contributed by atoms with Crippen LogP contribution in [0.4, 0.5) is 0 Å². The van der Waals surface area contributed by atoms with Crippen LogP contribution in [0.5, 0.6) is 5.75 Å². The number of likely N-dealkylation sites (tertiary alicyclic amines) is 1. The lowest BCUT2D eigenvalue weighted by Gasteiger charge is -2.35. The molecule has 1 aliphatic rings. The average molecular weight is 248 g/mol. The van der Waals surface area contributed by atoms with Gasteiger partial charge in [0.2, 0.25) is 0 Å². The fourth-order valence-corrected chi connectivity index (χ4v) is 2.14. The fourth-order valence-electron chi connectivity index (χ4n) is 2.14. The maximum atomic E-state index is 12.0. The van der Waals surface area contributed by atoms with E-state index in [4.69, 9.17) is 10.5 Å². The lowest BCUT2D eigenvalue weighted by atomic mass is 9.95. The maximum absolute atomic E-state index is 12.0. The molecule has 0 aromatic heterocycles. The Morgan fingerprint density at radius 2 is 2.17 bits per heavy atom. The molecule has 0 spiro atoms. The van der Waals surface area contributed by atoms with Gasteiger partial charge in [-0.1, -0.05) is 25.1 Å². The lowest BCUT2D eigenvalue weighted by molar-refractivity contribution is -0.135. The van der Waals surface area contributed by atoms with Gasteiger partial charge in [-0.25, -0.2) is 0 Å². The van der Waals surface area contributed by atoms with Gasteiger partial charge in [0.1, 0.15) is 5.75 Å². The second kappa shape index (κ2) is 5.87. The van der Waals surface area contributed by atoms with Gasteiger partial charge in [0, 0.05) is 19.1 Å². The number of carbonyl (C=O) groups is 1. The average Bonchev–Trinajstić information content (AvgIpc) is 2.40. The van der Waals surface area contributed by atoms with Crippen molar-refractivity contribution >= 4 is 5.91 Å². The number of carbonyl (C=O) groups excluding carboxylic acids is 1. The molecule has 1 saturated heterocycles. The van der Waals surface area contributed by atoms with E-state index in [0.717, 1.165) is 25.3 Å². The summed E-state index contributed by atoms with van der Waals surface area (Å²) in [5.41, 5.74) is 5.94. The first kappa shape index (κ1) is 12.9. The van der Waals surface area contributed by atoms with Crippen LogP contribution < -0.4 is 10.5 Å². The summed E-state index contributed by atoms with van der Waals surface area (Å²) >= 11 is 0. The van der Waals surface area contributed by atoms with Crippen molar-refractivity contribution in [3.8, 4) is 5.75 Å². The molecule has 1 amide bonds. The van der Waals surface area contributed by atoms with Crippen molar-refractivity contribution in [3.63, 3.8) is 0 Å². The summed E-state index contributed by atoms with van der Waals surface area (Å²) in [5.74, 6) is 1.13. The highest BCUT2D eigenvalue weighted by molar-refractivity contribution is 5.77. The van der Waals surface area contributed by atoms with Gasteiger partial charge < -0.3 is 15.4 Å². The third-order valence-corrected chi connectivity index (χ3v) is 3.43. The molecule has 1 aliphatic heterocycles. The molecule has 1 heterocycles. The summed E-state index contributed by atoms with van der Waals surface area (Å²) in [6, 6.07) is 9.61. The van der Waals surface area contributed by atoms with Crippen molar-refractivity contribution in [1.82, 2.24) is 4.90 Å². The predicted molar refractivity (Wildman–Crippen MR) is 70.3 cm³/mol. The molecule has 4 heteroatoms. The molecule has 2 atom stereocenters. The molecule has 0 radical (unpaired) electrons. The minimum absolute atomic E-state index is 0.0394. The topological polar surface area (TPSA) is 55.6 Å². The first-order chi connectivity index (χ1) is 8.66. The van der Waals surface area contributed by atoms with Crippen molar-refractivity contribution in [2.24, 2.45) is 11.7 Å². The Hall–Kier alpha value is -1.55. The molecular formula is C14H20N2O2. The van der Waals surface area contributed by atoms with Gasteiger partial charge in [-0.15, -0.1) is 0 Å². The molecule has 1 aromatic rings. The first-order valence-electron chi connectivity index (χ1n) is 6.38. The van der Waals surface area contributed by atoms with E-state index in [2.05, 4.69) is 6.92 Å². The van der Waals surface area contributed by atoms with E-state index in [1.165, 1.54) is 0 Å². The van der Waals surface area contributed by atoms with Crippen molar-refractivity contribution in [1.29, 1.82) is 0 Å². The number of benzene rings is 1. The van der Waals surface area contributed by atoms with Crippen LogP contribution in [0.25, 0.3) is 0 Å². The van der Waals surface area contributed by atoms with Gasteiger partial charge in [-0.3, -0.25) is 4.79 Å². The quantitative estimate of drug-likeness (QED) is 0.876. The Morgan fingerprint density at radius 3 is 2.83 bits per heavy atom. The SMILES string of the molecule is CC1CN(C(=O)COc2ccccc2)CCC1N. The zero-order valence-corrected chi connectivity index (χ0v) is 10.7. The first-order valence-corrected chi connectivity index (χ1v) is 6.38. The minimum atomic E-state index is 0.0394. The van der Waals surface area contributed by atoms with Crippen LogP contribution in [0.3, 0.4) is 0 Å². The van der Waals surface area contributed by atoms with Gasteiger partial charge >= 0.3 is 0 Å². The molecule has 0 bridgehead atoms. The summed E-state index contributed by atoms with van der Waals surface area (Å²) in [5, 5.41) is 0. The van der Waals surface area contributed by atoms with Crippen LogP contribution in [0.1, 0.15) is 13.3 Å². The summed E-state index contributed by atoms with van der Waals surface area (Å²) in [6.07, 6.45) is 0.873. The van der Waals surface area contributed by atoms with Gasteiger partial charge in [0.25, 0.3) is 5.91 Å². The largest absolute Gasteiger partial charge is 0.484 e. The number of hydrogen-bond donors (Lipinski definition) is 1. The van der Waals surface area contributed by atoms with Crippen LogP contribution in [-0.4, -0.2) is 36.5 Å². The minimum Gasteiger partial charge on any atom is -0.484 e. The summed E-state index contributed by atoms with van der Waals surface area (Å²) in [7, 11) is 0. The van der Waals surface area contributed by atoms with Crippen LogP contribution in [0.2, 0.25) is 0 Å². The van der Waals surface area contributed by atoms with E-state index < -0.39 is 0 Å². The highest BCUT2D eigenvalue weighted by Crippen LogP contribution is 2.15. The van der Waals surface area contributed by atoms with E-state index in [-0.39, 0.29) is 18.6 Å². The molecule has 18 heavy (non-hydrogen) atoms. The number of hydrogen-bond acceptors (Lipinski definition) is 3. The summed E-state index contributed by atoms with van der Waals surface area (Å²) in [4.78, 5) is 13.8. The third kappa shape index (κ3) is 3.23. The zero-order chi connectivity index (χ0) is 13.0. The Balaban J connectivity index is 1.82. The number of piperidine rings is 1. The molecule has 0 aliphatic carbocycles. The monoisotopic (exact) mass is 248 g/mol. The highest BCUT2D eigenvalue weighted by atomic mass is 16.5. The van der Waals surface area contributed by atoms with Crippen LogP contribution in [0, 0.1) is 5.92 Å². The zero-order valence-electron chi connectivity index (χ0n) is 10.7. The molecule has 4 nitrogen and oxygen atoms in total. The van der Waals surface area contributed by atoms with E-state index >= 15 is 0 Å². The lowest BCUT2D eigenvalue weighted by Crippen LogP contribution is -2.49. The summed E-state index contributed by atoms with van der Waals surface area (Å²) in [6.45, 7) is 3.66. The van der Waals surface area contributed by atoms with E-state index in [1.54, 1.807) is 0 Å². The van der Waals surface area contributed by atoms with Crippen LogP contribution >= 0.6 is 0 Å². The number of para-hydroxylation sites is 1. The normalized spacial score (nSPS) is 23.8. The number of nitrogens with two attached hydrogens (primary N) is 1. The van der Waals surface area contributed by atoms with E-state index in [1.807, 2.05) is 35.2 Å². The Labute approximate surface area is 108 Å². The highest BCUT2D eigenvalue weighted by Gasteiger charge is 2.26. The van der Waals surface area contributed by atoms with Crippen LogP contribution in [-0.2, 0) is 4.79 Å². The summed E-state index contributed by atoms with van der Waals surface area (Å²) < 4.78 is 5.46. The third-order valence-electron chi connectivity index (χ3n) is 3.43. The fraction of sp³-hybridized carbons (Fsp3) is 0.500. The van der Waals surface area contributed by atoms with Gasteiger partial charge in [0.15, 0.2) is 6.61 Å².